The van der Waals surface area contributed by atoms with Crippen LogP contribution >= 0.6 is 23.4 Å². The molecule has 0 saturated heterocycles. The molecule has 1 heterocycles. The van der Waals surface area contributed by atoms with Gasteiger partial charge in [-0.15, -0.1) is 0 Å². The van der Waals surface area contributed by atoms with Gasteiger partial charge in [-0.2, -0.15) is 4.98 Å². The molecule has 0 bridgehead atoms. The molecule has 0 radical (unpaired) electrons. The number of carbonyl (C=O) groups excluding carboxylic acids is 2. The monoisotopic (exact) mass is 592 g/mol. The van der Waals surface area contributed by atoms with E-state index in [0.29, 0.717) is 28.0 Å². The average molecular weight is 593 g/mol. The lowest BCUT2D eigenvalue weighted by Gasteiger charge is -2.21. The normalized spacial score (nSPS) is 10.8. The summed E-state index contributed by atoms with van der Waals surface area (Å²) in [5.41, 5.74) is 3.82. The van der Waals surface area contributed by atoms with Gasteiger partial charge >= 0.3 is 0 Å². The molecule has 1 aromatic heterocycles. The Balaban J connectivity index is 1.54. The Hall–Kier alpha value is -3.95. The van der Waals surface area contributed by atoms with E-state index >= 15 is 0 Å². The molecule has 4 aromatic rings. The first-order valence-corrected chi connectivity index (χ1v) is 14.4. The third kappa shape index (κ3) is 8.52. The van der Waals surface area contributed by atoms with Crippen LogP contribution in [0.15, 0.2) is 88.9 Å². The number of thioether (sulfide) groups is 1. The van der Waals surface area contributed by atoms with Crippen molar-refractivity contribution in [3.8, 4) is 11.1 Å². The third-order valence-electron chi connectivity index (χ3n) is 6.39. The van der Waals surface area contributed by atoms with Crippen molar-refractivity contribution < 1.29 is 14.0 Å². The minimum atomic E-state index is -0.411. The second-order valence-corrected chi connectivity index (χ2v) is 10.9. The summed E-state index contributed by atoms with van der Waals surface area (Å²) in [6.45, 7) is 2.03. The molecule has 4 rings (SSSR count). The van der Waals surface area contributed by atoms with Crippen molar-refractivity contribution >= 4 is 35.2 Å². The number of nitrogens with one attached hydrogen (secondary N) is 1. The molecule has 212 valence electrons. The molecule has 0 aliphatic carbocycles. The molecule has 0 fully saturated rings. The number of hydrogen-bond acceptors (Lipinski definition) is 5. The molecule has 10 heteroatoms. The Labute approximate surface area is 247 Å². The number of benzene rings is 3. The fourth-order valence-electron chi connectivity index (χ4n) is 4.20. The van der Waals surface area contributed by atoms with Gasteiger partial charge in [0.15, 0.2) is 5.16 Å². The lowest BCUT2D eigenvalue weighted by Crippen LogP contribution is -2.32. The molecule has 41 heavy (non-hydrogen) atoms. The van der Waals surface area contributed by atoms with Crippen molar-refractivity contribution in [2.75, 3.05) is 13.6 Å². The van der Waals surface area contributed by atoms with Gasteiger partial charge in [0.2, 0.25) is 11.8 Å². The minimum absolute atomic E-state index is 0.0359. The Kier molecular flexibility index (Phi) is 10.3. The van der Waals surface area contributed by atoms with Crippen molar-refractivity contribution in [1.29, 1.82) is 0 Å². The van der Waals surface area contributed by atoms with Crippen molar-refractivity contribution in [2.24, 2.45) is 0 Å². The molecular weight excluding hydrogens is 563 g/mol. The van der Waals surface area contributed by atoms with Crippen molar-refractivity contribution in [3.63, 3.8) is 0 Å². The zero-order chi connectivity index (χ0) is 29.4. The van der Waals surface area contributed by atoms with E-state index in [2.05, 4.69) is 10.3 Å². The fourth-order valence-corrected chi connectivity index (χ4v) is 5.25. The van der Waals surface area contributed by atoms with Crippen LogP contribution in [0.2, 0.25) is 5.02 Å². The van der Waals surface area contributed by atoms with Crippen LogP contribution in [0.4, 0.5) is 4.39 Å². The summed E-state index contributed by atoms with van der Waals surface area (Å²) < 4.78 is 15.0. The first kappa shape index (κ1) is 30.0. The van der Waals surface area contributed by atoms with Gasteiger partial charge in [-0.1, -0.05) is 71.9 Å². The largest absolute Gasteiger partial charge is 0.356 e. The summed E-state index contributed by atoms with van der Waals surface area (Å²) >= 11 is 7.36. The summed E-state index contributed by atoms with van der Waals surface area (Å²) in [4.78, 5) is 43.4. The molecule has 3 aromatic carbocycles. The molecule has 0 saturated carbocycles. The van der Waals surface area contributed by atoms with Gasteiger partial charge in [-0.25, -0.2) is 4.39 Å². The maximum Gasteiger partial charge on any atom is 0.276 e. The number of amides is 2. The van der Waals surface area contributed by atoms with Crippen molar-refractivity contribution in [3.05, 3.63) is 117 Å². The minimum Gasteiger partial charge on any atom is -0.356 e. The van der Waals surface area contributed by atoms with Crippen molar-refractivity contribution in [1.82, 2.24) is 19.8 Å². The van der Waals surface area contributed by atoms with Crippen LogP contribution in [0.3, 0.4) is 0 Å². The molecule has 1 N–H and O–H groups in total. The number of rotatable bonds is 11. The molecule has 0 aliphatic heterocycles. The third-order valence-corrected chi connectivity index (χ3v) is 7.70. The number of likely N-dealkylation sites (N-methyl/N-ethyl adjacent to an activating group) is 1. The van der Waals surface area contributed by atoms with Crippen LogP contribution in [0, 0.1) is 5.82 Å². The van der Waals surface area contributed by atoms with Gasteiger partial charge in [0.1, 0.15) is 12.4 Å². The highest BCUT2D eigenvalue weighted by molar-refractivity contribution is 7.98. The van der Waals surface area contributed by atoms with E-state index < -0.39 is 5.56 Å². The lowest BCUT2D eigenvalue weighted by atomic mass is 9.99. The van der Waals surface area contributed by atoms with E-state index in [9.17, 15) is 18.8 Å². The van der Waals surface area contributed by atoms with Gasteiger partial charge in [0.05, 0.1) is 0 Å². The smallest absolute Gasteiger partial charge is 0.276 e. The summed E-state index contributed by atoms with van der Waals surface area (Å²) in [5, 5.41) is 3.71. The highest BCUT2D eigenvalue weighted by Gasteiger charge is 2.17. The average Bonchev–Trinajstić information content (AvgIpc) is 2.95. The Morgan fingerprint density at radius 2 is 1.73 bits per heavy atom. The van der Waals surface area contributed by atoms with Crippen LogP contribution < -0.4 is 10.9 Å². The van der Waals surface area contributed by atoms with E-state index in [1.807, 2.05) is 48.5 Å². The van der Waals surface area contributed by atoms with Gasteiger partial charge in [0.25, 0.3) is 5.56 Å². The van der Waals surface area contributed by atoms with Gasteiger partial charge in [-0.05, 0) is 52.9 Å². The maximum absolute atomic E-state index is 13.4. The van der Waals surface area contributed by atoms with Gasteiger partial charge in [-0.3, -0.25) is 14.4 Å². The predicted octanol–water partition coefficient (Wildman–Crippen LogP) is 5.33. The van der Waals surface area contributed by atoms with Crippen molar-refractivity contribution in [2.45, 2.75) is 37.3 Å². The molecule has 2 amide bonds. The Bertz CT molecular complexity index is 1580. The standard InChI is InChI=1S/C31H30ClFN4O3S/c1-21(38)34-16-15-25-18-37(31(35-30(25)40)41-20-22-7-13-27(33)14-8-22)19-29(39)36(2)17-24-5-3-4-6-28(24)23-9-11-26(32)12-10-23/h3-14,18H,15-17,19-20H2,1-2H3,(H,34,38). The Morgan fingerprint density at radius 1 is 1.02 bits per heavy atom. The van der Waals surface area contributed by atoms with E-state index in [4.69, 9.17) is 11.6 Å². The van der Waals surface area contributed by atoms with Crippen LogP contribution in [0.1, 0.15) is 23.6 Å². The number of hydrogen-bond donors (Lipinski definition) is 1. The highest BCUT2D eigenvalue weighted by atomic mass is 35.5. The zero-order valence-electron chi connectivity index (χ0n) is 22.8. The molecular formula is C31H30ClFN4O3S. The second-order valence-electron chi connectivity index (χ2n) is 9.54. The molecule has 0 aliphatic rings. The summed E-state index contributed by atoms with van der Waals surface area (Å²) in [5.74, 6) is -0.252. The van der Waals surface area contributed by atoms with Crippen LogP contribution in [0.25, 0.3) is 11.1 Å². The van der Waals surface area contributed by atoms with E-state index in [-0.39, 0.29) is 37.1 Å². The summed E-state index contributed by atoms with van der Waals surface area (Å²) in [6, 6.07) is 21.5. The highest BCUT2D eigenvalue weighted by Crippen LogP contribution is 2.26. The Morgan fingerprint density at radius 3 is 2.44 bits per heavy atom. The van der Waals surface area contributed by atoms with Gasteiger partial charge in [0, 0.05) is 49.6 Å². The predicted molar refractivity (Wildman–Crippen MR) is 160 cm³/mol. The molecule has 0 unspecified atom stereocenters. The van der Waals surface area contributed by atoms with E-state index in [1.165, 1.54) is 30.8 Å². The van der Waals surface area contributed by atoms with Gasteiger partial charge < -0.3 is 14.8 Å². The molecule has 0 atom stereocenters. The zero-order valence-corrected chi connectivity index (χ0v) is 24.3. The van der Waals surface area contributed by atoms with E-state index in [0.717, 1.165) is 22.3 Å². The number of carbonyl (C=O) groups is 2. The second kappa shape index (κ2) is 14.1. The number of aromatic nitrogens is 2. The number of nitrogens with zero attached hydrogens (tertiary/aromatic N) is 3. The fraction of sp³-hybridized carbons (Fsp3) is 0.226. The molecule has 0 spiro atoms. The number of halogens is 2. The van der Waals surface area contributed by atoms with Crippen LogP contribution in [-0.2, 0) is 34.9 Å². The SMILES string of the molecule is CC(=O)NCCc1cn(CC(=O)N(C)Cc2ccccc2-c2ccc(Cl)cc2)c(SCc2ccc(F)cc2)nc1=O. The molecule has 7 nitrogen and oxygen atoms in total. The topological polar surface area (TPSA) is 84.3 Å². The quantitative estimate of drug-likeness (QED) is 0.188. The first-order chi connectivity index (χ1) is 19.7. The maximum atomic E-state index is 13.4. The summed E-state index contributed by atoms with van der Waals surface area (Å²) in [6.07, 6.45) is 1.92. The van der Waals surface area contributed by atoms with E-state index in [1.54, 1.807) is 34.8 Å². The lowest BCUT2D eigenvalue weighted by molar-refractivity contribution is -0.131. The van der Waals surface area contributed by atoms with Crippen LogP contribution in [-0.4, -0.2) is 39.9 Å². The summed E-state index contributed by atoms with van der Waals surface area (Å²) in [7, 11) is 1.74. The van der Waals surface area contributed by atoms with Crippen LogP contribution in [0.5, 0.6) is 0 Å². The first-order valence-electron chi connectivity index (χ1n) is 13.0.